The number of carbonyl (C=O) groups excluding carboxylic acids is 2. The number of nitrogens with zero attached hydrogens (tertiary/aromatic N) is 1. The van der Waals surface area contributed by atoms with Crippen molar-refractivity contribution in [3.05, 3.63) is 34.3 Å². The number of thioether (sulfide) groups is 1. The number of aromatic nitrogens is 1. The molecule has 2 heterocycles. The molecule has 0 fully saturated rings. The van der Waals surface area contributed by atoms with Crippen LogP contribution in [0.25, 0.3) is 0 Å². The van der Waals surface area contributed by atoms with Gasteiger partial charge in [-0.15, -0.1) is 23.1 Å². The average molecular weight is 427 g/mol. The number of benzene rings is 1. The van der Waals surface area contributed by atoms with E-state index in [1.807, 2.05) is 0 Å². The summed E-state index contributed by atoms with van der Waals surface area (Å²) in [5, 5.41) is 5.05. The molecule has 0 saturated carbocycles. The van der Waals surface area contributed by atoms with E-state index in [2.05, 4.69) is 15.6 Å². The van der Waals surface area contributed by atoms with Gasteiger partial charge in [0.1, 0.15) is 0 Å². The molecular formula is C18H16F3N3O2S2. The molecule has 28 heavy (non-hydrogen) atoms. The predicted octanol–water partition coefficient (Wildman–Crippen LogP) is 4.48. The van der Waals surface area contributed by atoms with E-state index in [1.54, 1.807) is 0 Å². The summed E-state index contributed by atoms with van der Waals surface area (Å²) < 4.78 is 38.5. The second kappa shape index (κ2) is 7.40. The van der Waals surface area contributed by atoms with Crippen molar-refractivity contribution in [3.63, 3.8) is 0 Å². The van der Waals surface area contributed by atoms with Gasteiger partial charge in [-0.1, -0.05) is 0 Å². The van der Waals surface area contributed by atoms with E-state index in [9.17, 15) is 22.8 Å². The van der Waals surface area contributed by atoms with Crippen molar-refractivity contribution in [3.8, 4) is 0 Å². The molecule has 0 unspecified atom stereocenters. The van der Waals surface area contributed by atoms with Gasteiger partial charge in [-0.05, 0) is 43.9 Å². The average Bonchev–Trinajstić information content (AvgIpc) is 3.03. The van der Waals surface area contributed by atoms with Crippen LogP contribution in [0, 0.1) is 0 Å². The van der Waals surface area contributed by atoms with Crippen molar-refractivity contribution in [2.75, 3.05) is 10.6 Å². The first kappa shape index (κ1) is 19.3. The third kappa shape index (κ3) is 4.02. The number of hydrogen-bond donors (Lipinski definition) is 2. The fraction of sp³-hybridized carbons (Fsp3) is 0.389. The van der Waals surface area contributed by atoms with E-state index >= 15 is 0 Å². The molecule has 1 aromatic heterocycles. The smallest absolute Gasteiger partial charge is 0.324 e. The van der Waals surface area contributed by atoms with E-state index in [0.717, 1.165) is 55.3 Å². The number of hydrogen-bond acceptors (Lipinski definition) is 5. The molecule has 148 valence electrons. The van der Waals surface area contributed by atoms with Gasteiger partial charge in [0.2, 0.25) is 11.8 Å². The van der Waals surface area contributed by atoms with Crippen LogP contribution >= 0.6 is 23.1 Å². The normalized spacial score (nSPS) is 18.8. The maximum absolute atomic E-state index is 12.8. The Balaban J connectivity index is 1.42. The van der Waals surface area contributed by atoms with Gasteiger partial charge in [0, 0.05) is 16.2 Å². The largest absolute Gasteiger partial charge is 0.416 e. The van der Waals surface area contributed by atoms with Crippen LogP contribution in [0.15, 0.2) is 23.1 Å². The van der Waals surface area contributed by atoms with Crippen molar-refractivity contribution in [1.29, 1.82) is 0 Å². The highest BCUT2D eigenvalue weighted by Gasteiger charge is 2.34. The number of amides is 2. The lowest BCUT2D eigenvalue weighted by Gasteiger charge is -2.24. The summed E-state index contributed by atoms with van der Waals surface area (Å²) in [5.41, 5.74) is 0.330. The quantitative estimate of drug-likeness (QED) is 0.758. The van der Waals surface area contributed by atoms with Gasteiger partial charge in [-0.25, -0.2) is 4.98 Å². The molecule has 1 aliphatic heterocycles. The fourth-order valence-corrected chi connectivity index (χ4v) is 5.36. The van der Waals surface area contributed by atoms with E-state index < -0.39 is 22.9 Å². The number of aryl methyl sites for hydroxylation is 2. The fourth-order valence-electron chi connectivity index (χ4n) is 3.21. The summed E-state index contributed by atoms with van der Waals surface area (Å²) in [6.45, 7) is 0. The molecular weight excluding hydrogens is 411 g/mol. The highest BCUT2D eigenvalue weighted by Crippen LogP contribution is 2.40. The van der Waals surface area contributed by atoms with Crippen LogP contribution in [0.2, 0.25) is 0 Å². The summed E-state index contributed by atoms with van der Waals surface area (Å²) in [6.07, 6.45) is -0.454. The number of thiazole rings is 1. The first-order valence-electron chi connectivity index (χ1n) is 8.77. The third-order valence-electron chi connectivity index (χ3n) is 4.59. The summed E-state index contributed by atoms with van der Waals surface area (Å²) in [7, 11) is 0. The van der Waals surface area contributed by atoms with Crippen molar-refractivity contribution >= 4 is 45.7 Å². The zero-order chi connectivity index (χ0) is 19.9. The molecule has 1 atom stereocenters. The minimum Gasteiger partial charge on any atom is -0.324 e. The molecule has 2 aromatic rings. The van der Waals surface area contributed by atoms with Crippen LogP contribution < -0.4 is 10.6 Å². The SMILES string of the molecule is O=C(C[C@@H]1Sc2ccc(C(F)(F)F)cc2NC1=O)Nc1nc2c(s1)CCCC2. The number of rotatable bonds is 3. The molecule has 2 amide bonds. The minimum atomic E-state index is -4.48. The van der Waals surface area contributed by atoms with Crippen LogP contribution in [0.5, 0.6) is 0 Å². The van der Waals surface area contributed by atoms with Gasteiger partial charge in [0.15, 0.2) is 5.13 Å². The Morgan fingerprint density at radius 1 is 1.29 bits per heavy atom. The minimum absolute atomic E-state index is 0.0821. The zero-order valence-electron chi connectivity index (χ0n) is 14.6. The Labute approximate surface area is 167 Å². The Morgan fingerprint density at radius 3 is 2.82 bits per heavy atom. The highest BCUT2D eigenvalue weighted by atomic mass is 32.2. The van der Waals surface area contributed by atoms with Gasteiger partial charge in [0.25, 0.3) is 0 Å². The monoisotopic (exact) mass is 427 g/mol. The van der Waals surface area contributed by atoms with Crippen molar-refractivity contribution < 1.29 is 22.8 Å². The maximum Gasteiger partial charge on any atom is 0.416 e. The highest BCUT2D eigenvalue weighted by molar-refractivity contribution is 8.01. The van der Waals surface area contributed by atoms with Crippen LogP contribution in [-0.2, 0) is 28.6 Å². The predicted molar refractivity (Wildman–Crippen MR) is 102 cm³/mol. The van der Waals surface area contributed by atoms with E-state index in [-0.39, 0.29) is 18.0 Å². The Hall–Kier alpha value is -2.07. The molecule has 0 spiro atoms. The first-order valence-corrected chi connectivity index (χ1v) is 10.5. The molecule has 2 aliphatic rings. The van der Waals surface area contributed by atoms with Gasteiger partial charge < -0.3 is 10.6 Å². The number of fused-ring (bicyclic) bond motifs is 2. The van der Waals surface area contributed by atoms with Crippen LogP contribution in [0.4, 0.5) is 24.0 Å². The van der Waals surface area contributed by atoms with Crippen molar-refractivity contribution in [2.45, 2.75) is 48.4 Å². The van der Waals surface area contributed by atoms with E-state index in [0.29, 0.717) is 10.0 Å². The topological polar surface area (TPSA) is 71.1 Å². The molecule has 10 heteroatoms. The van der Waals surface area contributed by atoms with Gasteiger partial charge in [-0.2, -0.15) is 13.2 Å². The number of nitrogens with one attached hydrogen (secondary N) is 2. The van der Waals surface area contributed by atoms with Crippen LogP contribution in [0.3, 0.4) is 0 Å². The Kier molecular flexibility index (Phi) is 5.09. The first-order chi connectivity index (χ1) is 13.3. The van der Waals surface area contributed by atoms with Crippen LogP contribution in [-0.4, -0.2) is 22.0 Å². The van der Waals surface area contributed by atoms with Crippen molar-refractivity contribution in [1.82, 2.24) is 4.98 Å². The van der Waals surface area contributed by atoms with Gasteiger partial charge in [0.05, 0.1) is 22.2 Å². The van der Waals surface area contributed by atoms with Crippen LogP contribution in [0.1, 0.15) is 35.4 Å². The molecule has 0 radical (unpaired) electrons. The van der Waals surface area contributed by atoms with Gasteiger partial charge in [-0.3, -0.25) is 9.59 Å². The number of alkyl halides is 3. The molecule has 2 N–H and O–H groups in total. The molecule has 1 aromatic carbocycles. The molecule has 4 rings (SSSR count). The molecule has 1 aliphatic carbocycles. The molecule has 0 saturated heterocycles. The lowest BCUT2D eigenvalue weighted by atomic mass is 10.0. The lowest BCUT2D eigenvalue weighted by Crippen LogP contribution is -2.32. The third-order valence-corrected chi connectivity index (χ3v) is 6.94. The summed E-state index contributed by atoms with van der Waals surface area (Å²) in [6, 6.07) is 3.21. The summed E-state index contributed by atoms with van der Waals surface area (Å²) in [4.78, 5) is 30.8. The summed E-state index contributed by atoms with van der Waals surface area (Å²) in [5.74, 6) is -0.820. The maximum atomic E-state index is 12.8. The zero-order valence-corrected chi connectivity index (χ0v) is 16.2. The Morgan fingerprint density at radius 2 is 2.07 bits per heavy atom. The van der Waals surface area contributed by atoms with Gasteiger partial charge >= 0.3 is 6.18 Å². The standard InChI is InChI=1S/C18H16F3N3O2S2/c19-18(20,21)9-5-6-13-11(7-9)22-16(26)14(27-13)8-15(25)24-17-23-10-3-1-2-4-12(10)28-17/h5-7,14H,1-4,8H2,(H,22,26)(H,23,24,25)/t14-/m0/s1. The molecule has 5 nitrogen and oxygen atoms in total. The number of carbonyl (C=O) groups is 2. The number of halogens is 3. The Bertz CT molecular complexity index is 919. The lowest BCUT2D eigenvalue weighted by molar-refractivity contribution is -0.137. The van der Waals surface area contributed by atoms with E-state index in [1.165, 1.54) is 22.3 Å². The molecule has 0 bridgehead atoms. The summed E-state index contributed by atoms with van der Waals surface area (Å²) >= 11 is 2.56. The number of anilines is 2. The second-order valence-electron chi connectivity index (χ2n) is 6.65. The van der Waals surface area contributed by atoms with E-state index in [4.69, 9.17) is 0 Å². The second-order valence-corrected chi connectivity index (χ2v) is 8.98. The van der Waals surface area contributed by atoms with Crippen molar-refractivity contribution in [2.24, 2.45) is 0 Å².